The predicted octanol–water partition coefficient (Wildman–Crippen LogP) is 0.676. The minimum Gasteiger partial charge on any atom is -0.506 e. The molecule has 9 N–H and O–H groups in total. The lowest BCUT2D eigenvalue weighted by atomic mass is 10.1. The molecule has 0 fully saturated rings. The van der Waals surface area contributed by atoms with Crippen molar-refractivity contribution in [2.45, 2.75) is 25.9 Å². The smallest absolute Gasteiger partial charge is 0.188 e. The number of imidazole rings is 2. The van der Waals surface area contributed by atoms with Crippen molar-refractivity contribution in [2.75, 3.05) is 13.1 Å². The van der Waals surface area contributed by atoms with Crippen LogP contribution >= 0.6 is 0 Å². The summed E-state index contributed by atoms with van der Waals surface area (Å²) in [6.07, 6.45) is 1.37. The zero-order chi connectivity index (χ0) is 21.7. The number of nitrogens with zero attached hydrogens (tertiary/aromatic N) is 4. The van der Waals surface area contributed by atoms with E-state index in [9.17, 15) is 5.11 Å². The van der Waals surface area contributed by atoms with Crippen LogP contribution < -0.4 is 11.5 Å². The molecule has 0 atom stereocenters. The highest BCUT2D eigenvalue weighted by Crippen LogP contribution is 2.37. The second kappa shape index (κ2) is 7.04. The van der Waals surface area contributed by atoms with E-state index >= 15 is 0 Å². The van der Waals surface area contributed by atoms with Crippen molar-refractivity contribution in [2.24, 2.45) is 11.5 Å². The summed E-state index contributed by atoms with van der Waals surface area (Å²) in [7, 11) is 0. The van der Waals surface area contributed by atoms with Gasteiger partial charge in [0.2, 0.25) is 0 Å². The lowest BCUT2D eigenvalue weighted by Crippen LogP contribution is -2.40. The first-order chi connectivity index (χ1) is 14.9. The third kappa shape index (κ3) is 3.23. The molecule has 0 spiro atoms. The number of hydrogen-bond acceptors (Lipinski definition) is 5. The van der Waals surface area contributed by atoms with Crippen LogP contribution in [0.15, 0.2) is 18.2 Å². The molecule has 2 aromatic heterocycles. The van der Waals surface area contributed by atoms with E-state index in [2.05, 4.69) is 19.9 Å². The summed E-state index contributed by atoms with van der Waals surface area (Å²) in [5.41, 5.74) is 16.1. The standard InChI is InChI=1S/C20H24N10O/c21-19(22)29-6-4-12-14(8-29)27-17(25-12)10-2-1-3-11(16(10)31)18-26-13-5-7-30(20(23)24)9-15(13)28-18/h1-3,31H,4-9H2,(H3,21,22)(H3,23,24)(H,25,27)(H,26,28). The summed E-state index contributed by atoms with van der Waals surface area (Å²) in [5.74, 6) is 1.32. The molecule has 0 amide bonds. The number of phenolic OH excluding ortho intramolecular Hbond substituents is 1. The van der Waals surface area contributed by atoms with Crippen LogP contribution in [0.3, 0.4) is 0 Å². The average molecular weight is 420 g/mol. The number of guanidine groups is 2. The first-order valence-corrected chi connectivity index (χ1v) is 10.1. The number of rotatable bonds is 2. The van der Waals surface area contributed by atoms with E-state index in [4.69, 9.17) is 22.3 Å². The third-order valence-electron chi connectivity index (χ3n) is 5.89. The normalized spacial score (nSPS) is 15.5. The van der Waals surface area contributed by atoms with Gasteiger partial charge >= 0.3 is 0 Å². The van der Waals surface area contributed by atoms with Gasteiger partial charge in [0.05, 0.1) is 47.0 Å². The lowest BCUT2D eigenvalue weighted by Gasteiger charge is -2.25. The zero-order valence-corrected chi connectivity index (χ0v) is 16.9. The molecule has 11 nitrogen and oxygen atoms in total. The van der Waals surface area contributed by atoms with Crippen LogP contribution in [-0.4, -0.2) is 59.9 Å². The Balaban J connectivity index is 1.48. The SMILES string of the molecule is N=C(N)N1CCc2nc(-c3cccc(-c4nc5c([nH]4)CN(C(=N)N)CC5)c3O)[nH]c2C1. The Morgan fingerprint density at radius 1 is 0.871 bits per heavy atom. The van der Waals surface area contributed by atoms with Gasteiger partial charge in [0, 0.05) is 25.9 Å². The molecular weight excluding hydrogens is 396 g/mol. The van der Waals surface area contributed by atoms with E-state index < -0.39 is 0 Å². The number of aromatic hydroxyl groups is 1. The quantitative estimate of drug-likeness (QED) is 0.235. The molecule has 11 heteroatoms. The maximum absolute atomic E-state index is 11.0. The van der Waals surface area contributed by atoms with Crippen molar-refractivity contribution < 1.29 is 5.11 Å². The monoisotopic (exact) mass is 420 g/mol. The number of nitrogens with one attached hydrogen (secondary N) is 4. The fourth-order valence-corrected chi connectivity index (χ4v) is 4.18. The number of fused-ring (bicyclic) bond motifs is 2. The highest BCUT2D eigenvalue weighted by atomic mass is 16.3. The summed E-state index contributed by atoms with van der Waals surface area (Å²) in [4.78, 5) is 19.5. The van der Waals surface area contributed by atoms with Crippen molar-refractivity contribution in [3.63, 3.8) is 0 Å². The maximum atomic E-state index is 11.0. The van der Waals surface area contributed by atoms with Crippen LogP contribution in [0.1, 0.15) is 22.8 Å². The number of para-hydroxylation sites is 1. The molecule has 2 aliphatic rings. The van der Waals surface area contributed by atoms with Crippen LogP contribution in [0.25, 0.3) is 22.8 Å². The number of benzene rings is 1. The Bertz CT molecular complexity index is 1100. The van der Waals surface area contributed by atoms with E-state index in [0.29, 0.717) is 61.8 Å². The molecular formula is C20H24N10O. The van der Waals surface area contributed by atoms with E-state index in [1.54, 1.807) is 9.80 Å². The first-order valence-electron chi connectivity index (χ1n) is 10.1. The largest absolute Gasteiger partial charge is 0.506 e. The van der Waals surface area contributed by atoms with Gasteiger partial charge in [-0.3, -0.25) is 10.8 Å². The molecule has 31 heavy (non-hydrogen) atoms. The minimum absolute atomic E-state index is 0.0387. The third-order valence-corrected chi connectivity index (χ3v) is 5.89. The molecule has 1 aromatic carbocycles. The highest BCUT2D eigenvalue weighted by Gasteiger charge is 2.25. The molecule has 0 radical (unpaired) electrons. The van der Waals surface area contributed by atoms with Gasteiger partial charge in [0.25, 0.3) is 0 Å². The van der Waals surface area contributed by atoms with Gasteiger partial charge in [-0.2, -0.15) is 0 Å². The predicted molar refractivity (Wildman–Crippen MR) is 115 cm³/mol. The van der Waals surface area contributed by atoms with Gasteiger partial charge in [-0.25, -0.2) is 9.97 Å². The fraction of sp³-hybridized carbons (Fsp3) is 0.300. The molecule has 5 rings (SSSR count). The van der Waals surface area contributed by atoms with E-state index in [1.165, 1.54) is 0 Å². The summed E-state index contributed by atoms with van der Waals surface area (Å²) in [6.45, 7) is 2.28. The number of aromatic amines is 2. The summed E-state index contributed by atoms with van der Waals surface area (Å²) >= 11 is 0. The second-order valence-corrected chi connectivity index (χ2v) is 7.84. The van der Waals surface area contributed by atoms with Crippen LogP contribution in [0.5, 0.6) is 5.75 Å². The van der Waals surface area contributed by atoms with Gasteiger partial charge in [-0.1, -0.05) is 6.07 Å². The van der Waals surface area contributed by atoms with Gasteiger partial charge in [-0.05, 0) is 12.1 Å². The molecule has 160 valence electrons. The molecule has 0 bridgehead atoms. The number of hydrogen-bond donors (Lipinski definition) is 7. The Morgan fingerprint density at radius 3 is 1.74 bits per heavy atom. The van der Waals surface area contributed by atoms with Crippen LogP contribution in [0.2, 0.25) is 0 Å². The van der Waals surface area contributed by atoms with Gasteiger partial charge in [0.15, 0.2) is 11.9 Å². The second-order valence-electron chi connectivity index (χ2n) is 7.84. The Morgan fingerprint density at radius 2 is 1.32 bits per heavy atom. The molecule has 0 unspecified atom stereocenters. The van der Waals surface area contributed by atoms with E-state index in [1.807, 2.05) is 18.2 Å². The van der Waals surface area contributed by atoms with Crippen molar-refractivity contribution >= 4 is 11.9 Å². The van der Waals surface area contributed by atoms with E-state index in [-0.39, 0.29) is 17.7 Å². The highest BCUT2D eigenvalue weighted by molar-refractivity contribution is 5.78. The summed E-state index contributed by atoms with van der Waals surface area (Å²) < 4.78 is 0. The first kappa shape index (κ1) is 19.0. The molecule has 0 saturated carbocycles. The Hall–Kier alpha value is -4.02. The van der Waals surface area contributed by atoms with Crippen molar-refractivity contribution in [3.8, 4) is 28.5 Å². The zero-order valence-electron chi connectivity index (χ0n) is 16.9. The average Bonchev–Trinajstić information content (AvgIpc) is 3.36. The number of nitrogens with two attached hydrogens (primary N) is 2. The van der Waals surface area contributed by atoms with Gasteiger partial charge < -0.3 is 36.3 Å². The lowest BCUT2D eigenvalue weighted by molar-refractivity contribution is 0.380. The maximum Gasteiger partial charge on any atom is 0.188 e. The molecule has 2 aliphatic heterocycles. The van der Waals surface area contributed by atoms with Crippen molar-refractivity contribution in [1.82, 2.24) is 29.7 Å². The molecule has 0 saturated heterocycles. The molecule has 3 aromatic rings. The number of aromatic nitrogens is 4. The number of phenols is 1. The minimum atomic E-state index is 0.0387. The molecule has 0 aliphatic carbocycles. The van der Waals surface area contributed by atoms with Crippen LogP contribution in [0.4, 0.5) is 0 Å². The number of H-pyrrole nitrogens is 2. The van der Waals surface area contributed by atoms with Crippen LogP contribution in [-0.2, 0) is 25.9 Å². The molecule has 4 heterocycles. The summed E-state index contributed by atoms with van der Waals surface area (Å²) in [6, 6.07) is 5.48. The van der Waals surface area contributed by atoms with Gasteiger partial charge in [0.1, 0.15) is 17.4 Å². The summed E-state index contributed by atoms with van der Waals surface area (Å²) in [5, 5.41) is 26.3. The van der Waals surface area contributed by atoms with Crippen molar-refractivity contribution in [3.05, 3.63) is 41.0 Å². The Kier molecular flexibility index (Phi) is 4.31. The van der Waals surface area contributed by atoms with Crippen LogP contribution in [0, 0.1) is 10.8 Å². The van der Waals surface area contributed by atoms with Crippen molar-refractivity contribution in [1.29, 1.82) is 10.8 Å². The topological polar surface area (TPSA) is 184 Å². The van der Waals surface area contributed by atoms with E-state index in [0.717, 1.165) is 22.8 Å². The van der Waals surface area contributed by atoms with Gasteiger partial charge in [-0.15, -0.1) is 0 Å². The Labute approximate surface area is 178 Å². The fourth-order valence-electron chi connectivity index (χ4n) is 4.18.